The van der Waals surface area contributed by atoms with Crippen molar-refractivity contribution in [2.24, 2.45) is 0 Å². The molecule has 24 heavy (non-hydrogen) atoms. The molecular formula is C18H14BrClN2OS. The highest BCUT2D eigenvalue weighted by Gasteiger charge is 2.36. The Hall–Kier alpha value is -1.69. The van der Waals surface area contributed by atoms with Crippen LogP contribution in [0.3, 0.4) is 0 Å². The van der Waals surface area contributed by atoms with E-state index in [1.165, 1.54) is 4.90 Å². The number of likely N-dealkylation sites (N-methyl/N-ethyl adjacent to an activating group) is 1. The number of halogens is 2. The van der Waals surface area contributed by atoms with Crippen molar-refractivity contribution in [1.82, 2.24) is 4.90 Å². The maximum absolute atomic E-state index is 12.9. The third-order valence-corrected chi connectivity index (χ3v) is 5.24. The summed E-state index contributed by atoms with van der Waals surface area (Å²) in [5.41, 5.74) is 3.09. The van der Waals surface area contributed by atoms with Crippen molar-refractivity contribution in [2.75, 3.05) is 11.9 Å². The van der Waals surface area contributed by atoms with Gasteiger partial charge in [-0.2, -0.15) is 0 Å². The fourth-order valence-corrected chi connectivity index (χ4v) is 3.15. The average molecular weight is 422 g/mol. The Kier molecular flexibility index (Phi) is 4.76. The van der Waals surface area contributed by atoms with Crippen LogP contribution in [0.15, 0.2) is 52.6 Å². The summed E-state index contributed by atoms with van der Waals surface area (Å²) in [6.07, 6.45) is 1.83. The van der Waals surface area contributed by atoms with E-state index in [4.69, 9.17) is 23.8 Å². The predicted molar refractivity (Wildman–Crippen MR) is 106 cm³/mol. The largest absolute Gasteiger partial charge is 0.317 e. The van der Waals surface area contributed by atoms with Gasteiger partial charge >= 0.3 is 0 Å². The topological polar surface area (TPSA) is 23.6 Å². The van der Waals surface area contributed by atoms with Crippen LogP contribution >= 0.6 is 39.7 Å². The van der Waals surface area contributed by atoms with Crippen LogP contribution in [-0.4, -0.2) is 23.0 Å². The molecule has 0 bridgehead atoms. The normalized spacial score (nSPS) is 16.4. The third-order valence-electron chi connectivity index (χ3n) is 3.85. The molecule has 0 atom stereocenters. The summed E-state index contributed by atoms with van der Waals surface area (Å²) in [5.74, 6) is -0.162. The molecule has 1 fully saturated rings. The summed E-state index contributed by atoms with van der Waals surface area (Å²) in [4.78, 5) is 16.1. The lowest BCUT2D eigenvalue weighted by molar-refractivity contribution is -0.114. The zero-order chi connectivity index (χ0) is 17.4. The number of benzene rings is 2. The van der Waals surface area contributed by atoms with E-state index in [0.717, 1.165) is 15.6 Å². The van der Waals surface area contributed by atoms with Crippen molar-refractivity contribution in [3.8, 4) is 0 Å². The first-order chi connectivity index (χ1) is 11.4. The van der Waals surface area contributed by atoms with E-state index in [1.807, 2.05) is 49.4 Å². The Morgan fingerprint density at radius 1 is 1.17 bits per heavy atom. The molecule has 0 spiro atoms. The first kappa shape index (κ1) is 17.1. The van der Waals surface area contributed by atoms with Gasteiger partial charge in [0.2, 0.25) is 0 Å². The number of thiocarbonyl (C=S) groups is 1. The quantitative estimate of drug-likeness (QED) is 0.503. The molecule has 0 saturated carbocycles. The SMILES string of the molecule is Cc1ccc(N2C(=O)/C(=C/c3ccc(Br)cc3)N(C)C2=S)cc1Cl. The summed E-state index contributed by atoms with van der Waals surface area (Å²) in [6.45, 7) is 1.92. The molecule has 1 aliphatic heterocycles. The first-order valence-electron chi connectivity index (χ1n) is 7.24. The number of rotatable bonds is 2. The van der Waals surface area contributed by atoms with Gasteiger partial charge in [0.1, 0.15) is 5.70 Å². The van der Waals surface area contributed by atoms with Crippen LogP contribution in [0.2, 0.25) is 5.02 Å². The lowest BCUT2D eigenvalue weighted by atomic mass is 10.2. The van der Waals surface area contributed by atoms with Crippen molar-refractivity contribution >= 4 is 62.5 Å². The first-order valence-corrected chi connectivity index (χ1v) is 8.82. The maximum Gasteiger partial charge on any atom is 0.281 e. The fourth-order valence-electron chi connectivity index (χ4n) is 2.42. The summed E-state index contributed by atoms with van der Waals surface area (Å²) in [7, 11) is 1.79. The Balaban J connectivity index is 2.00. The molecule has 2 aromatic rings. The minimum atomic E-state index is -0.162. The van der Waals surface area contributed by atoms with E-state index in [-0.39, 0.29) is 5.91 Å². The van der Waals surface area contributed by atoms with Crippen molar-refractivity contribution in [1.29, 1.82) is 0 Å². The Morgan fingerprint density at radius 3 is 2.46 bits per heavy atom. The van der Waals surface area contributed by atoms with Crippen LogP contribution in [0.4, 0.5) is 5.69 Å². The molecule has 3 rings (SSSR count). The Labute approximate surface area is 159 Å². The van der Waals surface area contributed by atoms with E-state index >= 15 is 0 Å². The molecule has 1 heterocycles. The average Bonchev–Trinajstić information content (AvgIpc) is 2.76. The second-order valence-electron chi connectivity index (χ2n) is 5.50. The molecule has 0 aliphatic carbocycles. The molecule has 3 nitrogen and oxygen atoms in total. The zero-order valence-corrected chi connectivity index (χ0v) is 16.2. The van der Waals surface area contributed by atoms with Gasteiger partial charge in [0.15, 0.2) is 5.11 Å². The summed E-state index contributed by atoms with van der Waals surface area (Å²) in [6, 6.07) is 13.2. The number of hydrogen-bond donors (Lipinski definition) is 0. The molecule has 2 aromatic carbocycles. The van der Waals surface area contributed by atoms with Gasteiger partial charge in [-0.05, 0) is 60.6 Å². The molecule has 0 aromatic heterocycles. The van der Waals surface area contributed by atoms with E-state index in [0.29, 0.717) is 21.5 Å². The van der Waals surface area contributed by atoms with Gasteiger partial charge in [-0.25, -0.2) is 0 Å². The second kappa shape index (κ2) is 6.67. The molecule has 122 valence electrons. The van der Waals surface area contributed by atoms with Crippen molar-refractivity contribution in [2.45, 2.75) is 6.92 Å². The minimum absolute atomic E-state index is 0.162. The minimum Gasteiger partial charge on any atom is -0.317 e. The lowest BCUT2D eigenvalue weighted by Gasteiger charge is -2.17. The molecule has 1 saturated heterocycles. The van der Waals surface area contributed by atoms with Crippen LogP contribution in [-0.2, 0) is 4.79 Å². The lowest BCUT2D eigenvalue weighted by Crippen LogP contribution is -2.31. The summed E-state index contributed by atoms with van der Waals surface area (Å²) >= 11 is 15.0. The Bertz CT molecular complexity index is 864. The van der Waals surface area contributed by atoms with Gasteiger partial charge in [-0.1, -0.05) is 45.7 Å². The van der Waals surface area contributed by atoms with Gasteiger partial charge in [0.05, 0.1) is 5.69 Å². The molecule has 0 N–H and O–H groups in total. The monoisotopic (exact) mass is 420 g/mol. The van der Waals surface area contributed by atoms with Crippen molar-refractivity contribution < 1.29 is 4.79 Å². The van der Waals surface area contributed by atoms with Crippen LogP contribution in [0.25, 0.3) is 6.08 Å². The van der Waals surface area contributed by atoms with E-state index in [2.05, 4.69) is 15.9 Å². The van der Waals surface area contributed by atoms with Gasteiger partial charge in [-0.15, -0.1) is 0 Å². The molecular weight excluding hydrogens is 408 g/mol. The number of nitrogens with zero attached hydrogens (tertiary/aromatic N) is 2. The van der Waals surface area contributed by atoms with E-state index in [9.17, 15) is 4.79 Å². The van der Waals surface area contributed by atoms with Crippen LogP contribution in [0.1, 0.15) is 11.1 Å². The molecule has 1 amide bonds. The van der Waals surface area contributed by atoms with Gasteiger partial charge in [0, 0.05) is 16.5 Å². The van der Waals surface area contributed by atoms with Gasteiger partial charge in [-0.3, -0.25) is 9.69 Å². The van der Waals surface area contributed by atoms with Crippen molar-refractivity contribution in [3.05, 3.63) is 68.8 Å². The number of amides is 1. The number of aryl methyl sites for hydroxylation is 1. The highest BCUT2D eigenvalue weighted by Crippen LogP contribution is 2.30. The van der Waals surface area contributed by atoms with E-state index in [1.54, 1.807) is 18.0 Å². The maximum atomic E-state index is 12.9. The molecule has 1 aliphatic rings. The summed E-state index contributed by atoms with van der Waals surface area (Å²) in [5, 5.41) is 1.04. The van der Waals surface area contributed by atoms with Crippen LogP contribution < -0.4 is 4.90 Å². The second-order valence-corrected chi connectivity index (χ2v) is 7.18. The number of anilines is 1. The molecule has 0 radical (unpaired) electrons. The van der Waals surface area contributed by atoms with Crippen LogP contribution in [0, 0.1) is 6.92 Å². The number of carbonyl (C=O) groups is 1. The number of carbonyl (C=O) groups excluding carboxylic acids is 1. The Morgan fingerprint density at radius 2 is 1.83 bits per heavy atom. The summed E-state index contributed by atoms with van der Waals surface area (Å²) < 4.78 is 0.988. The highest BCUT2D eigenvalue weighted by molar-refractivity contribution is 9.10. The standard InChI is InChI=1S/C18H14BrClN2OS/c1-11-3-8-14(10-15(11)20)22-17(23)16(21(2)18(22)24)9-12-4-6-13(19)7-5-12/h3-10H,1-2H3/b16-9-. The fraction of sp³-hybridized carbons (Fsp3) is 0.111. The van der Waals surface area contributed by atoms with Gasteiger partial charge < -0.3 is 4.90 Å². The predicted octanol–water partition coefficient (Wildman–Crippen LogP) is 5.02. The zero-order valence-electron chi connectivity index (χ0n) is 13.1. The number of hydrogen-bond acceptors (Lipinski definition) is 2. The van der Waals surface area contributed by atoms with E-state index < -0.39 is 0 Å². The van der Waals surface area contributed by atoms with Crippen LogP contribution in [0.5, 0.6) is 0 Å². The molecule has 6 heteroatoms. The molecule has 0 unspecified atom stereocenters. The third kappa shape index (κ3) is 3.11. The highest BCUT2D eigenvalue weighted by atomic mass is 79.9. The van der Waals surface area contributed by atoms with Crippen molar-refractivity contribution in [3.63, 3.8) is 0 Å². The smallest absolute Gasteiger partial charge is 0.281 e. The van der Waals surface area contributed by atoms with Gasteiger partial charge in [0.25, 0.3) is 5.91 Å².